The lowest BCUT2D eigenvalue weighted by atomic mass is 9.69. The number of ether oxygens (including phenoxy) is 1. The van der Waals surface area contributed by atoms with Gasteiger partial charge in [-0.15, -0.1) is 0 Å². The molecule has 164 valence electrons. The Balaban J connectivity index is 1.75. The van der Waals surface area contributed by atoms with Crippen molar-refractivity contribution in [2.75, 3.05) is 18.6 Å². The van der Waals surface area contributed by atoms with Crippen LogP contribution in [0, 0.1) is 5.92 Å². The third kappa shape index (κ3) is 3.34. The first kappa shape index (κ1) is 20.7. The number of rotatable bonds is 3. The molecule has 3 fully saturated rings. The van der Waals surface area contributed by atoms with E-state index >= 15 is 4.39 Å². The number of carbonyl (C=O) groups is 2. The van der Waals surface area contributed by atoms with E-state index in [9.17, 15) is 19.8 Å². The summed E-state index contributed by atoms with van der Waals surface area (Å²) in [5.74, 6) is -0.846. The molecule has 4 rings (SSSR count). The second kappa shape index (κ2) is 7.94. The Bertz CT molecular complexity index is 796. The standard InChI is InChI=1S/C21H28FN3O5/c1-30-19(27)23-16-8-10-24(13-5-3-2-4-6-13)18(22)17(16)21-9-7-14(11-15(26)12-21)25(21)20(28)29/h2-6,14-18,26H,7-12H2,1H3,(H,23,27)(H,28,29). The summed E-state index contributed by atoms with van der Waals surface area (Å²) in [5.41, 5.74) is -0.386. The summed E-state index contributed by atoms with van der Waals surface area (Å²) in [6.07, 6.45) is -2.04. The molecule has 3 aliphatic rings. The number of methoxy groups -OCH3 is 1. The number of anilines is 1. The largest absolute Gasteiger partial charge is 0.465 e. The van der Waals surface area contributed by atoms with Gasteiger partial charge in [-0.2, -0.15) is 0 Å². The molecule has 6 atom stereocenters. The number of alkyl carbamates (subject to hydrolysis) is 1. The summed E-state index contributed by atoms with van der Waals surface area (Å²) >= 11 is 0. The van der Waals surface area contributed by atoms with E-state index in [1.54, 1.807) is 4.90 Å². The molecular weight excluding hydrogens is 393 g/mol. The average Bonchev–Trinajstić information content (AvgIpc) is 2.97. The van der Waals surface area contributed by atoms with Gasteiger partial charge < -0.3 is 25.2 Å². The van der Waals surface area contributed by atoms with Gasteiger partial charge in [0.1, 0.15) is 0 Å². The third-order valence-electron chi connectivity index (χ3n) is 7.00. The number of piperidine rings is 2. The highest BCUT2D eigenvalue weighted by molar-refractivity contribution is 5.69. The Morgan fingerprint density at radius 3 is 2.67 bits per heavy atom. The molecule has 6 unspecified atom stereocenters. The number of nitrogens with zero attached hydrogens (tertiary/aromatic N) is 2. The molecule has 3 heterocycles. The Morgan fingerprint density at radius 2 is 2.00 bits per heavy atom. The molecule has 3 N–H and O–H groups in total. The summed E-state index contributed by atoms with van der Waals surface area (Å²) in [6, 6.07) is 8.18. The number of aliphatic hydroxyl groups is 1. The fourth-order valence-electron chi connectivity index (χ4n) is 5.93. The van der Waals surface area contributed by atoms with Crippen LogP contribution in [0.4, 0.5) is 19.7 Å². The Kier molecular flexibility index (Phi) is 5.48. The van der Waals surface area contributed by atoms with Crippen molar-refractivity contribution in [2.24, 2.45) is 5.92 Å². The van der Waals surface area contributed by atoms with Crippen LogP contribution < -0.4 is 10.2 Å². The van der Waals surface area contributed by atoms with Gasteiger partial charge in [-0.25, -0.2) is 14.0 Å². The third-order valence-corrected chi connectivity index (χ3v) is 7.00. The maximum Gasteiger partial charge on any atom is 0.408 e. The second-order valence-corrected chi connectivity index (χ2v) is 8.50. The molecule has 0 aliphatic carbocycles. The molecule has 0 radical (unpaired) electrons. The van der Waals surface area contributed by atoms with Crippen molar-refractivity contribution in [3.05, 3.63) is 30.3 Å². The van der Waals surface area contributed by atoms with E-state index in [0.717, 1.165) is 0 Å². The van der Waals surface area contributed by atoms with E-state index in [2.05, 4.69) is 5.32 Å². The minimum Gasteiger partial charge on any atom is -0.465 e. The summed E-state index contributed by atoms with van der Waals surface area (Å²) < 4.78 is 21.0. The van der Waals surface area contributed by atoms with Crippen LogP contribution >= 0.6 is 0 Å². The zero-order valence-electron chi connectivity index (χ0n) is 16.9. The van der Waals surface area contributed by atoms with Gasteiger partial charge in [0, 0.05) is 24.3 Å². The van der Waals surface area contributed by atoms with E-state index in [1.165, 1.54) is 12.0 Å². The van der Waals surface area contributed by atoms with E-state index < -0.39 is 42.1 Å². The quantitative estimate of drug-likeness (QED) is 0.649. The highest BCUT2D eigenvalue weighted by Gasteiger charge is 2.62. The van der Waals surface area contributed by atoms with Gasteiger partial charge in [0.05, 0.1) is 24.7 Å². The number of nitrogens with one attached hydrogen (secondary N) is 1. The number of aliphatic hydroxyl groups excluding tert-OH is 1. The van der Waals surface area contributed by atoms with Gasteiger partial charge in [-0.1, -0.05) is 18.2 Å². The monoisotopic (exact) mass is 421 g/mol. The molecule has 1 aromatic rings. The van der Waals surface area contributed by atoms with Gasteiger partial charge in [-0.05, 0) is 44.2 Å². The van der Waals surface area contributed by atoms with Gasteiger partial charge >= 0.3 is 12.2 Å². The van der Waals surface area contributed by atoms with Crippen LogP contribution in [0.5, 0.6) is 0 Å². The Hall–Kier alpha value is -2.55. The smallest absolute Gasteiger partial charge is 0.408 e. The van der Waals surface area contributed by atoms with E-state index in [4.69, 9.17) is 4.74 Å². The van der Waals surface area contributed by atoms with Gasteiger partial charge in [-0.3, -0.25) is 4.90 Å². The van der Waals surface area contributed by atoms with Crippen molar-refractivity contribution in [3.63, 3.8) is 0 Å². The van der Waals surface area contributed by atoms with Crippen LogP contribution in [0.2, 0.25) is 0 Å². The maximum atomic E-state index is 16.2. The number of fused-ring (bicyclic) bond motifs is 2. The lowest BCUT2D eigenvalue weighted by Crippen LogP contribution is -2.69. The number of hydrogen-bond acceptors (Lipinski definition) is 5. The molecule has 2 amide bonds. The van der Waals surface area contributed by atoms with Crippen molar-refractivity contribution in [2.45, 2.75) is 62.1 Å². The summed E-state index contributed by atoms with van der Waals surface area (Å²) in [7, 11) is 1.24. The van der Waals surface area contributed by atoms with Gasteiger partial charge in [0.2, 0.25) is 0 Å². The zero-order valence-corrected chi connectivity index (χ0v) is 16.9. The number of carbonyl (C=O) groups excluding carboxylic acids is 1. The highest BCUT2D eigenvalue weighted by atomic mass is 19.1. The summed E-state index contributed by atoms with van der Waals surface area (Å²) in [4.78, 5) is 27.2. The first-order chi connectivity index (χ1) is 14.4. The number of halogens is 1. The first-order valence-electron chi connectivity index (χ1n) is 10.4. The van der Waals surface area contributed by atoms with Crippen LogP contribution in [0.15, 0.2) is 30.3 Å². The number of para-hydroxylation sites is 1. The molecule has 30 heavy (non-hydrogen) atoms. The lowest BCUT2D eigenvalue weighted by Gasteiger charge is -2.55. The first-order valence-corrected chi connectivity index (χ1v) is 10.4. The molecular formula is C21H28FN3O5. The van der Waals surface area contributed by atoms with E-state index in [-0.39, 0.29) is 12.5 Å². The maximum absolute atomic E-state index is 16.2. The van der Waals surface area contributed by atoms with Crippen molar-refractivity contribution < 1.29 is 28.9 Å². The number of hydrogen-bond donors (Lipinski definition) is 3. The molecule has 8 nitrogen and oxygen atoms in total. The topological polar surface area (TPSA) is 102 Å². The van der Waals surface area contributed by atoms with Crippen LogP contribution in [0.1, 0.15) is 32.1 Å². The fourth-order valence-corrected chi connectivity index (χ4v) is 5.93. The van der Waals surface area contributed by atoms with Gasteiger partial charge in [0.25, 0.3) is 0 Å². The van der Waals surface area contributed by atoms with Crippen molar-refractivity contribution in [1.29, 1.82) is 0 Å². The van der Waals surface area contributed by atoms with Crippen LogP contribution in [-0.4, -0.2) is 71.0 Å². The molecule has 9 heteroatoms. The highest BCUT2D eigenvalue weighted by Crippen LogP contribution is 2.52. The molecule has 0 spiro atoms. The zero-order chi connectivity index (χ0) is 21.5. The SMILES string of the molecule is COC(=O)NC1CCN(c2ccccc2)C(F)C1C12CCC(CC(O)C1)N2C(=O)O. The molecule has 3 aliphatic heterocycles. The molecule has 3 saturated heterocycles. The lowest BCUT2D eigenvalue weighted by molar-refractivity contribution is -0.0700. The number of amides is 2. The molecule has 0 aromatic heterocycles. The predicted molar refractivity (Wildman–Crippen MR) is 107 cm³/mol. The Labute approximate surface area is 174 Å². The van der Waals surface area contributed by atoms with E-state index in [0.29, 0.717) is 37.9 Å². The van der Waals surface area contributed by atoms with Crippen molar-refractivity contribution in [3.8, 4) is 0 Å². The predicted octanol–water partition coefficient (Wildman–Crippen LogP) is 2.57. The summed E-state index contributed by atoms with van der Waals surface area (Å²) in [6.45, 7) is 0.367. The normalized spacial score (nSPS) is 35.8. The minimum atomic E-state index is -1.53. The summed E-state index contributed by atoms with van der Waals surface area (Å²) in [5, 5.41) is 23.2. The Morgan fingerprint density at radius 1 is 1.27 bits per heavy atom. The van der Waals surface area contributed by atoms with E-state index in [1.807, 2.05) is 30.3 Å². The number of carboxylic acid groups (broad SMARTS) is 1. The number of alkyl halides is 1. The van der Waals surface area contributed by atoms with Crippen LogP contribution in [0.3, 0.4) is 0 Å². The fraction of sp³-hybridized carbons (Fsp3) is 0.619. The molecule has 0 saturated carbocycles. The minimum absolute atomic E-state index is 0.156. The average molecular weight is 421 g/mol. The number of benzene rings is 1. The second-order valence-electron chi connectivity index (χ2n) is 8.50. The molecule has 1 aromatic carbocycles. The van der Waals surface area contributed by atoms with Gasteiger partial charge in [0.15, 0.2) is 6.30 Å². The van der Waals surface area contributed by atoms with Crippen LogP contribution in [-0.2, 0) is 4.74 Å². The molecule has 2 bridgehead atoms. The van der Waals surface area contributed by atoms with Crippen molar-refractivity contribution in [1.82, 2.24) is 10.2 Å². The van der Waals surface area contributed by atoms with Crippen LogP contribution in [0.25, 0.3) is 0 Å². The van der Waals surface area contributed by atoms with Crippen molar-refractivity contribution >= 4 is 17.9 Å².